The van der Waals surface area contributed by atoms with E-state index in [0.29, 0.717) is 12.1 Å². The summed E-state index contributed by atoms with van der Waals surface area (Å²) < 4.78 is 0.944. The fourth-order valence-corrected chi connectivity index (χ4v) is 9.21. The fraction of sp³-hybridized carbons (Fsp3) is 0.700. The van der Waals surface area contributed by atoms with Gasteiger partial charge in [-0.15, -0.1) is 0 Å². The Morgan fingerprint density at radius 2 is 1.82 bits per heavy atom. The predicted molar refractivity (Wildman–Crippen MR) is 87.7 cm³/mol. The molecule has 0 fully saturated rings. The lowest BCUT2D eigenvalue weighted by molar-refractivity contribution is 0.298. The first kappa shape index (κ1) is 13.7. The Morgan fingerprint density at radius 3 is 2.29 bits per heavy atom. The van der Waals surface area contributed by atoms with Gasteiger partial charge in [0.15, 0.2) is 14.6 Å². The van der Waals surface area contributed by atoms with Gasteiger partial charge in [-0.2, -0.15) is 4.99 Å². The van der Waals surface area contributed by atoms with Gasteiger partial charge in [-0.1, -0.05) is 12.2 Å². The molecule has 1 unspecified atom stereocenters. The summed E-state index contributed by atoms with van der Waals surface area (Å²) in [6, 6.07) is 0.959. The standard InChI is InChI=1S/C10H17N3S4/c1-6(2)13(7(3)4)8-11-9-12(5)10(14)16-17(9)15-8/h6-7H,1-5H3. The van der Waals surface area contributed by atoms with Crippen molar-refractivity contribution in [2.75, 3.05) is 7.05 Å². The van der Waals surface area contributed by atoms with Gasteiger partial charge in [0.05, 0.1) is 0 Å². The third-order valence-electron chi connectivity index (χ3n) is 2.53. The van der Waals surface area contributed by atoms with E-state index < -0.39 is 0 Å². The highest BCUT2D eigenvalue weighted by atomic mass is 33.5. The molecule has 0 saturated carbocycles. The third kappa shape index (κ3) is 2.52. The first-order valence-corrected chi connectivity index (χ1v) is 9.84. The molecule has 0 amide bonds. The van der Waals surface area contributed by atoms with Crippen LogP contribution in [-0.2, 0) is 0 Å². The van der Waals surface area contributed by atoms with E-state index >= 15 is 0 Å². The normalized spacial score (nSPS) is 23.8. The van der Waals surface area contributed by atoms with Crippen molar-refractivity contribution in [2.45, 2.75) is 39.8 Å². The molecule has 17 heavy (non-hydrogen) atoms. The van der Waals surface area contributed by atoms with E-state index in [1.807, 2.05) is 22.7 Å². The summed E-state index contributed by atoms with van der Waals surface area (Å²) in [6.45, 7) is 8.86. The molecule has 0 N–H and O–H groups in total. The molecular weight excluding hydrogens is 290 g/mol. The van der Waals surface area contributed by atoms with Gasteiger partial charge in [0.2, 0.25) is 0 Å². The number of rotatable bonds is 2. The van der Waals surface area contributed by atoms with Crippen LogP contribution in [0.5, 0.6) is 0 Å². The minimum atomic E-state index is 0.0775. The molecule has 0 radical (unpaired) electrons. The minimum absolute atomic E-state index is 0.0775. The van der Waals surface area contributed by atoms with E-state index in [9.17, 15) is 0 Å². The molecule has 0 aromatic heterocycles. The van der Waals surface area contributed by atoms with E-state index in [4.69, 9.17) is 17.2 Å². The summed E-state index contributed by atoms with van der Waals surface area (Å²) in [4.78, 5) is 9.20. The van der Waals surface area contributed by atoms with Crippen molar-refractivity contribution in [3.8, 4) is 0 Å². The predicted octanol–water partition coefficient (Wildman–Crippen LogP) is 3.36. The van der Waals surface area contributed by atoms with Crippen LogP contribution in [0.1, 0.15) is 27.7 Å². The van der Waals surface area contributed by atoms with Crippen LogP contribution in [0.2, 0.25) is 0 Å². The van der Waals surface area contributed by atoms with Crippen LogP contribution in [0.25, 0.3) is 0 Å². The molecule has 2 rings (SSSR count). The Morgan fingerprint density at radius 1 is 1.24 bits per heavy atom. The molecule has 0 aromatic rings. The second-order valence-corrected chi connectivity index (χ2v) is 10.7. The van der Waals surface area contributed by atoms with Crippen LogP contribution in [0.4, 0.5) is 0 Å². The Kier molecular flexibility index (Phi) is 4.12. The van der Waals surface area contributed by atoms with Crippen molar-refractivity contribution in [1.29, 1.82) is 0 Å². The van der Waals surface area contributed by atoms with Gasteiger partial charge in [0.1, 0.15) is 0 Å². The average molecular weight is 308 g/mol. The lowest BCUT2D eigenvalue weighted by Gasteiger charge is -2.32. The summed E-state index contributed by atoms with van der Waals surface area (Å²) in [5, 5.41) is 2.28. The molecular formula is C10H17N3S4. The molecule has 2 aliphatic heterocycles. The highest BCUT2D eigenvalue weighted by Gasteiger charge is 2.34. The molecule has 0 aliphatic carbocycles. The van der Waals surface area contributed by atoms with Crippen LogP contribution in [0.3, 0.4) is 0 Å². The molecule has 0 bridgehead atoms. The molecule has 96 valence electrons. The summed E-state index contributed by atoms with van der Waals surface area (Å²) in [7, 11) is 5.70. The highest BCUT2D eigenvalue weighted by molar-refractivity contribution is 9.21. The Hall–Kier alpha value is 0.280. The molecule has 3 nitrogen and oxygen atoms in total. The molecule has 1 atom stereocenters. The van der Waals surface area contributed by atoms with Crippen LogP contribution < -0.4 is 0 Å². The highest BCUT2D eigenvalue weighted by Crippen LogP contribution is 2.55. The number of hydrogen-bond acceptors (Lipinski definition) is 5. The molecule has 0 saturated heterocycles. The number of amidine groups is 1. The van der Waals surface area contributed by atoms with E-state index in [1.165, 1.54) is 0 Å². The zero-order valence-electron chi connectivity index (χ0n) is 10.6. The monoisotopic (exact) mass is 307 g/mol. The zero-order chi connectivity index (χ0) is 12.7. The van der Waals surface area contributed by atoms with Gasteiger partial charge < -0.3 is 9.80 Å². The van der Waals surface area contributed by atoms with Crippen LogP contribution in [0, 0.1) is 0 Å². The molecule has 0 spiro atoms. The summed E-state index contributed by atoms with van der Waals surface area (Å²) in [5.74, 6) is 0. The van der Waals surface area contributed by atoms with Crippen molar-refractivity contribution in [2.24, 2.45) is 4.99 Å². The van der Waals surface area contributed by atoms with E-state index in [2.05, 4.69) is 32.6 Å². The van der Waals surface area contributed by atoms with Gasteiger partial charge in [0, 0.05) is 19.1 Å². The van der Waals surface area contributed by atoms with Gasteiger partial charge in [0.25, 0.3) is 0 Å². The van der Waals surface area contributed by atoms with Crippen LogP contribution in [-0.4, -0.2) is 43.5 Å². The second-order valence-electron chi connectivity index (χ2n) is 4.50. The first-order chi connectivity index (χ1) is 7.91. The third-order valence-corrected chi connectivity index (χ3v) is 9.15. The van der Waals surface area contributed by atoms with Gasteiger partial charge in [-0.3, -0.25) is 0 Å². The Labute approximate surface area is 118 Å². The van der Waals surface area contributed by atoms with Crippen molar-refractivity contribution in [1.82, 2.24) is 9.80 Å². The lowest BCUT2D eigenvalue weighted by atomic mass is 10.2. The average Bonchev–Trinajstić information content (AvgIpc) is 2.68. The number of thiocarbonyl (C=S) groups is 1. The quantitative estimate of drug-likeness (QED) is 0.573. The molecule has 0 aromatic carbocycles. The molecule has 2 heterocycles. The number of hydrogen-bond donors (Lipinski definition) is 0. The second kappa shape index (κ2) is 5.11. The SMILES string of the molecule is CC(C)N(C1=NC2=S(SC(=S)N2C)S1)C(C)C. The Bertz CT molecular complexity index is 406. The maximum absolute atomic E-state index is 5.28. The van der Waals surface area contributed by atoms with Crippen LogP contribution in [0.15, 0.2) is 4.99 Å². The van der Waals surface area contributed by atoms with Gasteiger partial charge in [-0.25, -0.2) is 0 Å². The van der Waals surface area contributed by atoms with Crippen molar-refractivity contribution in [3.63, 3.8) is 0 Å². The van der Waals surface area contributed by atoms with Crippen LogP contribution >= 0.6 is 42.4 Å². The minimum Gasteiger partial charge on any atom is -0.346 e. The van der Waals surface area contributed by atoms with Gasteiger partial charge >= 0.3 is 0 Å². The summed E-state index contributed by atoms with van der Waals surface area (Å²) >= 11 is 5.28. The topological polar surface area (TPSA) is 18.8 Å². The Balaban J connectivity index is 2.20. The summed E-state index contributed by atoms with van der Waals surface area (Å²) in [5.41, 5.74) is 0. The van der Waals surface area contributed by atoms with Crippen molar-refractivity contribution < 1.29 is 0 Å². The molecule has 7 heteroatoms. The summed E-state index contributed by atoms with van der Waals surface area (Å²) in [6.07, 6.45) is 0. The lowest BCUT2D eigenvalue weighted by Crippen LogP contribution is -2.40. The zero-order valence-corrected chi connectivity index (χ0v) is 13.9. The van der Waals surface area contributed by atoms with Crippen molar-refractivity contribution in [3.05, 3.63) is 0 Å². The van der Waals surface area contributed by atoms with E-state index in [-0.39, 0.29) is 8.55 Å². The number of nitrogens with zero attached hydrogens (tertiary/aromatic N) is 3. The maximum atomic E-state index is 5.28. The van der Waals surface area contributed by atoms with E-state index in [0.717, 1.165) is 14.6 Å². The first-order valence-electron chi connectivity index (χ1n) is 5.54. The smallest absolute Gasteiger partial charge is 0.182 e. The molecule has 2 aliphatic rings. The van der Waals surface area contributed by atoms with E-state index in [1.54, 1.807) is 10.8 Å². The van der Waals surface area contributed by atoms with Crippen molar-refractivity contribution >= 4 is 57.0 Å². The largest absolute Gasteiger partial charge is 0.346 e. The van der Waals surface area contributed by atoms with Gasteiger partial charge in [-0.05, 0) is 57.8 Å². The number of aliphatic imine (C=N–C) groups is 1. The maximum Gasteiger partial charge on any atom is 0.182 e. The fourth-order valence-electron chi connectivity index (χ4n) is 1.82.